The predicted molar refractivity (Wildman–Crippen MR) is 70.5 cm³/mol. The van der Waals surface area contributed by atoms with Crippen LogP contribution in [-0.2, 0) is 0 Å². The maximum Gasteiger partial charge on any atom is 0.295 e. The molecule has 0 saturated carbocycles. The molecular formula is C13H15N3O2. The van der Waals surface area contributed by atoms with Gasteiger partial charge in [0, 0.05) is 23.7 Å². The van der Waals surface area contributed by atoms with Crippen molar-refractivity contribution in [2.24, 2.45) is 5.73 Å². The van der Waals surface area contributed by atoms with Crippen LogP contribution >= 0.6 is 0 Å². The van der Waals surface area contributed by atoms with Gasteiger partial charge in [-0.1, -0.05) is 19.1 Å². The fraction of sp³-hybridized carbons (Fsp3) is 0.308. The van der Waals surface area contributed by atoms with Crippen molar-refractivity contribution < 1.29 is 4.92 Å². The number of nitro benzene ring substituents is 1. The second-order valence-electron chi connectivity index (χ2n) is 4.48. The van der Waals surface area contributed by atoms with E-state index in [1.165, 1.54) is 6.07 Å². The van der Waals surface area contributed by atoms with E-state index in [1.807, 2.05) is 26.0 Å². The number of aromatic nitrogens is 1. The van der Waals surface area contributed by atoms with E-state index in [9.17, 15) is 10.1 Å². The van der Waals surface area contributed by atoms with Crippen LogP contribution in [-0.4, -0.2) is 15.9 Å². The molecule has 2 rings (SSSR count). The van der Waals surface area contributed by atoms with Gasteiger partial charge < -0.3 is 5.73 Å². The number of benzene rings is 1. The number of nitro groups is 1. The van der Waals surface area contributed by atoms with Crippen LogP contribution in [0.1, 0.15) is 25.3 Å². The van der Waals surface area contributed by atoms with E-state index in [-0.39, 0.29) is 17.6 Å². The second-order valence-corrected chi connectivity index (χ2v) is 4.48. The molecule has 2 unspecified atom stereocenters. The van der Waals surface area contributed by atoms with Gasteiger partial charge in [0.25, 0.3) is 5.69 Å². The maximum atomic E-state index is 11.0. The van der Waals surface area contributed by atoms with Crippen molar-refractivity contribution in [3.63, 3.8) is 0 Å². The lowest BCUT2D eigenvalue weighted by molar-refractivity contribution is -0.383. The van der Waals surface area contributed by atoms with Gasteiger partial charge in [0.15, 0.2) is 0 Å². The number of fused-ring (bicyclic) bond motifs is 1. The van der Waals surface area contributed by atoms with Gasteiger partial charge in [0.05, 0.1) is 4.92 Å². The molecule has 1 aromatic carbocycles. The van der Waals surface area contributed by atoms with Crippen molar-refractivity contribution in [3.05, 3.63) is 46.1 Å². The predicted octanol–water partition coefficient (Wildman–Crippen LogP) is 2.59. The highest BCUT2D eigenvalue weighted by Gasteiger charge is 2.18. The molecule has 94 valence electrons. The van der Waals surface area contributed by atoms with Crippen LogP contribution in [0.4, 0.5) is 5.69 Å². The number of hydrogen-bond acceptors (Lipinski definition) is 4. The summed E-state index contributed by atoms with van der Waals surface area (Å²) in [6.45, 7) is 3.94. The Morgan fingerprint density at radius 1 is 1.33 bits per heavy atom. The third kappa shape index (κ3) is 2.04. The maximum absolute atomic E-state index is 11.0. The first-order valence-electron chi connectivity index (χ1n) is 5.80. The molecule has 0 amide bonds. The molecule has 18 heavy (non-hydrogen) atoms. The fourth-order valence-electron chi connectivity index (χ4n) is 2.01. The molecule has 0 bridgehead atoms. The van der Waals surface area contributed by atoms with Crippen molar-refractivity contribution in [3.8, 4) is 0 Å². The van der Waals surface area contributed by atoms with Gasteiger partial charge >= 0.3 is 0 Å². The Morgan fingerprint density at radius 3 is 2.67 bits per heavy atom. The van der Waals surface area contributed by atoms with Crippen LogP contribution in [0, 0.1) is 10.1 Å². The van der Waals surface area contributed by atoms with Crippen molar-refractivity contribution in [1.82, 2.24) is 4.98 Å². The lowest BCUT2D eigenvalue weighted by Gasteiger charge is -2.17. The Hall–Kier alpha value is -2.01. The molecule has 0 radical (unpaired) electrons. The number of non-ortho nitro benzene ring substituents is 1. The average Bonchev–Trinajstić information content (AvgIpc) is 2.36. The van der Waals surface area contributed by atoms with E-state index in [0.29, 0.717) is 5.52 Å². The average molecular weight is 245 g/mol. The Balaban J connectivity index is 2.71. The zero-order chi connectivity index (χ0) is 13.3. The normalized spacial score (nSPS) is 14.4. The van der Waals surface area contributed by atoms with E-state index >= 15 is 0 Å². The minimum Gasteiger partial charge on any atom is -0.327 e. The third-order valence-electron chi connectivity index (χ3n) is 3.26. The van der Waals surface area contributed by atoms with E-state index in [1.54, 1.807) is 12.3 Å². The first-order chi connectivity index (χ1) is 8.52. The Labute approximate surface area is 105 Å². The molecule has 0 aliphatic heterocycles. The molecule has 2 atom stereocenters. The first kappa shape index (κ1) is 12.4. The van der Waals surface area contributed by atoms with Crippen LogP contribution in [0.3, 0.4) is 0 Å². The van der Waals surface area contributed by atoms with Gasteiger partial charge in [-0.3, -0.25) is 10.1 Å². The van der Waals surface area contributed by atoms with Gasteiger partial charge in [-0.25, -0.2) is 4.98 Å². The third-order valence-corrected chi connectivity index (χ3v) is 3.26. The minimum absolute atomic E-state index is 0.0186. The van der Waals surface area contributed by atoms with E-state index in [0.717, 1.165) is 10.9 Å². The molecule has 0 aliphatic carbocycles. The van der Waals surface area contributed by atoms with E-state index in [2.05, 4.69) is 4.98 Å². The zero-order valence-corrected chi connectivity index (χ0v) is 10.3. The lowest BCUT2D eigenvalue weighted by atomic mass is 9.92. The number of nitrogens with zero attached hydrogens (tertiary/aromatic N) is 2. The van der Waals surface area contributed by atoms with Gasteiger partial charge in [-0.15, -0.1) is 0 Å². The quantitative estimate of drug-likeness (QED) is 0.665. The van der Waals surface area contributed by atoms with Crippen molar-refractivity contribution >= 4 is 16.6 Å². The summed E-state index contributed by atoms with van der Waals surface area (Å²) >= 11 is 0. The molecule has 5 heteroatoms. The SMILES string of the molecule is CC(N)C(C)c1ccnc2c([N+](=O)[O-])cccc12. The smallest absolute Gasteiger partial charge is 0.295 e. The second kappa shape index (κ2) is 4.70. The zero-order valence-electron chi connectivity index (χ0n) is 10.3. The van der Waals surface area contributed by atoms with Gasteiger partial charge in [-0.2, -0.15) is 0 Å². The highest BCUT2D eigenvalue weighted by atomic mass is 16.6. The molecule has 2 N–H and O–H groups in total. The molecule has 0 saturated heterocycles. The standard InChI is InChI=1S/C13H15N3O2/c1-8(9(2)14)10-6-7-15-13-11(10)4-3-5-12(13)16(17)18/h3-9H,14H2,1-2H3. The molecule has 0 spiro atoms. The summed E-state index contributed by atoms with van der Waals surface area (Å²) in [5.41, 5.74) is 7.36. The summed E-state index contributed by atoms with van der Waals surface area (Å²) in [6.07, 6.45) is 1.60. The topological polar surface area (TPSA) is 82.0 Å². The summed E-state index contributed by atoms with van der Waals surface area (Å²) in [5, 5.41) is 11.8. The summed E-state index contributed by atoms with van der Waals surface area (Å²) < 4.78 is 0. The van der Waals surface area contributed by atoms with Crippen molar-refractivity contribution in [2.45, 2.75) is 25.8 Å². The highest BCUT2D eigenvalue weighted by Crippen LogP contribution is 2.30. The molecular weight excluding hydrogens is 230 g/mol. The van der Waals surface area contributed by atoms with E-state index < -0.39 is 4.92 Å². The number of rotatable bonds is 3. The van der Waals surface area contributed by atoms with Crippen LogP contribution in [0.15, 0.2) is 30.5 Å². The Bertz CT molecular complexity index is 596. The Kier molecular flexibility index (Phi) is 3.25. The van der Waals surface area contributed by atoms with Crippen molar-refractivity contribution in [1.29, 1.82) is 0 Å². The largest absolute Gasteiger partial charge is 0.327 e. The minimum atomic E-state index is -0.407. The number of para-hydroxylation sites is 1. The lowest BCUT2D eigenvalue weighted by Crippen LogP contribution is -2.22. The number of nitrogens with two attached hydrogens (primary N) is 1. The summed E-state index contributed by atoms with van der Waals surface area (Å²) in [6, 6.07) is 6.86. The summed E-state index contributed by atoms with van der Waals surface area (Å²) in [7, 11) is 0. The van der Waals surface area contributed by atoms with Crippen LogP contribution in [0.5, 0.6) is 0 Å². The Morgan fingerprint density at radius 2 is 2.06 bits per heavy atom. The van der Waals surface area contributed by atoms with Gasteiger partial charge in [0.1, 0.15) is 5.52 Å². The summed E-state index contributed by atoms with van der Waals surface area (Å²) in [5.74, 6) is 0.123. The van der Waals surface area contributed by atoms with Crippen molar-refractivity contribution in [2.75, 3.05) is 0 Å². The number of pyridine rings is 1. The van der Waals surface area contributed by atoms with Gasteiger partial charge in [-0.05, 0) is 24.5 Å². The first-order valence-corrected chi connectivity index (χ1v) is 5.80. The van der Waals surface area contributed by atoms with Crippen LogP contribution < -0.4 is 5.73 Å². The monoisotopic (exact) mass is 245 g/mol. The van der Waals surface area contributed by atoms with Gasteiger partial charge in [0.2, 0.25) is 0 Å². The molecule has 2 aromatic rings. The summed E-state index contributed by atoms with van der Waals surface area (Å²) in [4.78, 5) is 14.7. The van der Waals surface area contributed by atoms with E-state index in [4.69, 9.17) is 5.73 Å². The molecule has 5 nitrogen and oxygen atoms in total. The molecule has 1 aromatic heterocycles. The van der Waals surface area contributed by atoms with Crippen LogP contribution in [0.2, 0.25) is 0 Å². The molecule has 0 fully saturated rings. The van der Waals surface area contributed by atoms with Crippen LogP contribution in [0.25, 0.3) is 10.9 Å². The fourth-order valence-corrected chi connectivity index (χ4v) is 2.01. The molecule has 1 heterocycles. The molecule has 0 aliphatic rings. The number of hydrogen-bond donors (Lipinski definition) is 1. The highest BCUT2D eigenvalue weighted by molar-refractivity contribution is 5.89.